The minimum absolute atomic E-state index is 0.0321. The zero-order chi connectivity index (χ0) is 18.8. The lowest BCUT2D eigenvalue weighted by Crippen LogP contribution is -2.37. The van der Waals surface area contributed by atoms with Gasteiger partial charge in [-0.15, -0.1) is 0 Å². The van der Waals surface area contributed by atoms with Crippen molar-refractivity contribution in [3.8, 4) is 0 Å². The van der Waals surface area contributed by atoms with Crippen LogP contribution in [0.1, 0.15) is 28.8 Å². The van der Waals surface area contributed by atoms with Crippen LogP contribution in [0.5, 0.6) is 0 Å². The second kappa shape index (κ2) is 7.39. The van der Waals surface area contributed by atoms with Crippen LogP contribution >= 0.6 is 0 Å². The first-order chi connectivity index (χ1) is 13.1. The number of benzene rings is 2. The standard InChI is InChI=1S/C21H22FN3O2/c22-17-6-1-4-15(12-17)13-18-8-3-10-24(18)20(26)16-5-2-7-19(14-16)25-11-9-23-21(25)27/h1-2,4-7,12,14,18H,3,8-11,13H2,(H,23,27)/t18-/m0/s1. The van der Waals surface area contributed by atoms with Crippen LogP contribution < -0.4 is 10.2 Å². The lowest BCUT2D eigenvalue weighted by atomic mass is 10.0. The Morgan fingerprint density at radius 1 is 1.15 bits per heavy atom. The van der Waals surface area contributed by atoms with Gasteiger partial charge in [-0.1, -0.05) is 18.2 Å². The summed E-state index contributed by atoms with van der Waals surface area (Å²) in [7, 11) is 0. The topological polar surface area (TPSA) is 52.7 Å². The van der Waals surface area contributed by atoms with Crippen LogP contribution in [0.15, 0.2) is 48.5 Å². The third-order valence-corrected chi connectivity index (χ3v) is 5.26. The van der Waals surface area contributed by atoms with Gasteiger partial charge < -0.3 is 10.2 Å². The molecule has 0 saturated carbocycles. The van der Waals surface area contributed by atoms with Crippen molar-refractivity contribution < 1.29 is 14.0 Å². The summed E-state index contributed by atoms with van der Waals surface area (Å²) in [4.78, 5) is 28.5. The first-order valence-corrected chi connectivity index (χ1v) is 9.33. The van der Waals surface area contributed by atoms with Crippen molar-refractivity contribution >= 4 is 17.6 Å². The molecule has 2 heterocycles. The van der Waals surface area contributed by atoms with Crippen LogP contribution in [0.4, 0.5) is 14.9 Å². The number of urea groups is 1. The Morgan fingerprint density at radius 3 is 2.78 bits per heavy atom. The normalized spacial score (nSPS) is 19.4. The van der Waals surface area contributed by atoms with Gasteiger partial charge in [0.05, 0.1) is 0 Å². The number of halogens is 1. The molecule has 6 heteroatoms. The zero-order valence-corrected chi connectivity index (χ0v) is 15.0. The number of hydrogen-bond acceptors (Lipinski definition) is 2. The predicted octanol–water partition coefficient (Wildman–Crippen LogP) is 3.20. The van der Waals surface area contributed by atoms with Gasteiger partial charge in [0.2, 0.25) is 0 Å². The molecule has 27 heavy (non-hydrogen) atoms. The largest absolute Gasteiger partial charge is 0.336 e. The number of likely N-dealkylation sites (tertiary alicyclic amines) is 1. The Labute approximate surface area is 157 Å². The molecule has 3 amide bonds. The van der Waals surface area contributed by atoms with E-state index in [4.69, 9.17) is 0 Å². The number of nitrogens with zero attached hydrogens (tertiary/aromatic N) is 2. The van der Waals surface area contributed by atoms with Crippen LogP contribution in [0, 0.1) is 5.82 Å². The number of carbonyl (C=O) groups is 2. The molecule has 2 aliphatic rings. The van der Waals surface area contributed by atoms with E-state index in [2.05, 4.69) is 5.32 Å². The van der Waals surface area contributed by atoms with Gasteiger partial charge in [-0.25, -0.2) is 9.18 Å². The van der Waals surface area contributed by atoms with Crippen LogP contribution in [-0.2, 0) is 6.42 Å². The SMILES string of the molecule is O=C1NCCN1c1cccc(C(=O)N2CCC[C@H]2Cc2cccc(F)c2)c1. The van der Waals surface area contributed by atoms with Gasteiger partial charge >= 0.3 is 6.03 Å². The Hall–Kier alpha value is -2.89. The molecule has 1 N–H and O–H groups in total. The van der Waals surface area contributed by atoms with E-state index in [1.165, 1.54) is 12.1 Å². The molecular formula is C21H22FN3O2. The number of anilines is 1. The van der Waals surface area contributed by atoms with Gasteiger partial charge in [-0.05, 0) is 55.2 Å². The highest BCUT2D eigenvalue weighted by atomic mass is 19.1. The monoisotopic (exact) mass is 367 g/mol. The maximum atomic E-state index is 13.5. The molecule has 5 nitrogen and oxygen atoms in total. The summed E-state index contributed by atoms with van der Waals surface area (Å²) in [6.45, 7) is 1.91. The van der Waals surface area contributed by atoms with Gasteiger partial charge in [-0.2, -0.15) is 0 Å². The van der Waals surface area contributed by atoms with Gasteiger partial charge in [0.25, 0.3) is 5.91 Å². The molecule has 0 unspecified atom stereocenters. The molecule has 0 radical (unpaired) electrons. The molecule has 0 spiro atoms. The Bertz CT molecular complexity index is 870. The lowest BCUT2D eigenvalue weighted by Gasteiger charge is -2.25. The minimum atomic E-state index is -0.250. The van der Waals surface area contributed by atoms with Crippen molar-refractivity contribution in [2.75, 3.05) is 24.5 Å². The molecule has 2 aromatic rings. The molecule has 2 fully saturated rings. The Kier molecular flexibility index (Phi) is 4.79. The van der Waals surface area contributed by atoms with E-state index >= 15 is 0 Å². The van der Waals surface area contributed by atoms with Crippen molar-refractivity contribution in [3.05, 3.63) is 65.5 Å². The van der Waals surface area contributed by atoms with Gasteiger partial charge in [0, 0.05) is 36.9 Å². The van der Waals surface area contributed by atoms with Crippen LogP contribution in [0.3, 0.4) is 0 Å². The first kappa shape index (κ1) is 17.5. The number of amides is 3. The summed E-state index contributed by atoms with van der Waals surface area (Å²) < 4.78 is 13.5. The maximum absolute atomic E-state index is 13.5. The average Bonchev–Trinajstić information content (AvgIpc) is 3.30. The fourth-order valence-electron chi connectivity index (χ4n) is 3.94. The van der Waals surface area contributed by atoms with Crippen LogP contribution in [-0.4, -0.2) is 42.5 Å². The van der Waals surface area contributed by atoms with E-state index in [1.54, 1.807) is 23.1 Å². The highest BCUT2D eigenvalue weighted by Crippen LogP contribution is 2.25. The van der Waals surface area contributed by atoms with Crippen molar-refractivity contribution in [1.82, 2.24) is 10.2 Å². The summed E-state index contributed by atoms with van der Waals surface area (Å²) in [6.07, 6.45) is 2.51. The van der Waals surface area contributed by atoms with E-state index in [0.717, 1.165) is 24.1 Å². The van der Waals surface area contributed by atoms with Crippen LogP contribution in [0.2, 0.25) is 0 Å². The first-order valence-electron chi connectivity index (χ1n) is 9.33. The van der Waals surface area contributed by atoms with Crippen molar-refractivity contribution in [1.29, 1.82) is 0 Å². The third-order valence-electron chi connectivity index (χ3n) is 5.26. The Morgan fingerprint density at radius 2 is 2.00 bits per heavy atom. The maximum Gasteiger partial charge on any atom is 0.321 e. The van der Waals surface area contributed by atoms with E-state index in [9.17, 15) is 14.0 Å². The molecule has 0 aliphatic carbocycles. The molecular weight excluding hydrogens is 345 g/mol. The molecule has 2 aromatic carbocycles. The summed E-state index contributed by atoms with van der Waals surface area (Å²) >= 11 is 0. The van der Waals surface area contributed by atoms with Crippen molar-refractivity contribution in [2.45, 2.75) is 25.3 Å². The molecule has 2 saturated heterocycles. The van der Waals surface area contributed by atoms with Gasteiger partial charge in [-0.3, -0.25) is 9.69 Å². The summed E-state index contributed by atoms with van der Waals surface area (Å²) in [6, 6.07) is 13.7. The number of rotatable bonds is 4. The zero-order valence-electron chi connectivity index (χ0n) is 15.0. The fourth-order valence-corrected chi connectivity index (χ4v) is 3.94. The van der Waals surface area contributed by atoms with Crippen molar-refractivity contribution in [3.63, 3.8) is 0 Å². The molecule has 2 aliphatic heterocycles. The highest BCUT2D eigenvalue weighted by Gasteiger charge is 2.30. The quantitative estimate of drug-likeness (QED) is 0.902. The number of nitrogens with one attached hydrogen (secondary N) is 1. The number of carbonyl (C=O) groups excluding carboxylic acids is 2. The fraction of sp³-hybridized carbons (Fsp3) is 0.333. The van der Waals surface area contributed by atoms with E-state index in [0.29, 0.717) is 31.6 Å². The summed E-state index contributed by atoms with van der Waals surface area (Å²) in [5.41, 5.74) is 2.22. The van der Waals surface area contributed by atoms with E-state index < -0.39 is 0 Å². The predicted molar refractivity (Wildman–Crippen MR) is 101 cm³/mol. The molecule has 0 aromatic heterocycles. The van der Waals surface area contributed by atoms with Crippen LogP contribution in [0.25, 0.3) is 0 Å². The molecule has 140 valence electrons. The van der Waals surface area contributed by atoms with Gasteiger partial charge in [0.15, 0.2) is 0 Å². The summed E-state index contributed by atoms with van der Waals surface area (Å²) in [5.74, 6) is -0.282. The minimum Gasteiger partial charge on any atom is -0.336 e. The number of hydrogen-bond donors (Lipinski definition) is 1. The highest BCUT2D eigenvalue weighted by molar-refractivity contribution is 5.98. The van der Waals surface area contributed by atoms with E-state index in [-0.39, 0.29) is 23.8 Å². The second-order valence-corrected chi connectivity index (χ2v) is 7.06. The lowest BCUT2D eigenvalue weighted by molar-refractivity contribution is 0.0736. The van der Waals surface area contributed by atoms with Gasteiger partial charge in [0.1, 0.15) is 5.82 Å². The molecule has 4 rings (SSSR count). The average molecular weight is 367 g/mol. The Balaban J connectivity index is 1.52. The molecule has 1 atom stereocenters. The smallest absolute Gasteiger partial charge is 0.321 e. The second-order valence-electron chi connectivity index (χ2n) is 7.06. The third kappa shape index (κ3) is 3.65. The molecule has 0 bridgehead atoms. The summed E-state index contributed by atoms with van der Waals surface area (Å²) in [5, 5.41) is 2.77. The van der Waals surface area contributed by atoms with Crippen molar-refractivity contribution in [2.24, 2.45) is 0 Å². The van der Waals surface area contributed by atoms with E-state index in [1.807, 2.05) is 23.1 Å².